The molecule has 0 saturated carbocycles. The molecule has 2 aromatic rings. The van der Waals surface area contributed by atoms with Gasteiger partial charge in [0, 0.05) is 30.8 Å². The Balaban J connectivity index is 2.16. The summed E-state index contributed by atoms with van der Waals surface area (Å²) >= 11 is 0. The molecule has 0 aliphatic heterocycles. The van der Waals surface area contributed by atoms with Crippen molar-refractivity contribution in [3.8, 4) is 0 Å². The second-order valence-electron chi connectivity index (χ2n) is 6.87. The van der Waals surface area contributed by atoms with Gasteiger partial charge in [0.05, 0.1) is 0 Å². The van der Waals surface area contributed by atoms with Gasteiger partial charge in [0.15, 0.2) is 5.76 Å². The first-order valence-corrected chi connectivity index (χ1v) is 9.20. The van der Waals surface area contributed by atoms with Crippen LogP contribution < -0.4 is 4.72 Å². The fraction of sp³-hybridized carbons (Fsp3) is 0.353. The van der Waals surface area contributed by atoms with Crippen molar-refractivity contribution in [2.24, 2.45) is 0 Å². The molecule has 1 aromatic heterocycles. The van der Waals surface area contributed by atoms with Gasteiger partial charge in [-0.1, -0.05) is 6.07 Å². The van der Waals surface area contributed by atoms with Gasteiger partial charge in [0.1, 0.15) is 11.6 Å². The van der Waals surface area contributed by atoms with E-state index in [1.807, 2.05) is 0 Å². The van der Waals surface area contributed by atoms with Gasteiger partial charge < -0.3 is 9.32 Å². The number of halogens is 2. The van der Waals surface area contributed by atoms with Crippen LogP contribution >= 0.6 is 0 Å². The van der Waals surface area contributed by atoms with Gasteiger partial charge in [0.25, 0.3) is 15.9 Å². The van der Waals surface area contributed by atoms with Crippen LogP contribution in [0.5, 0.6) is 0 Å². The summed E-state index contributed by atoms with van der Waals surface area (Å²) in [5.41, 5.74) is -0.594. The van der Waals surface area contributed by atoms with Crippen molar-refractivity contribution >= 4 is 15.9 Å². The Kier molecular flexibility index (Phi) is 5.52. The molecular formula is C17H20F2N2O4S. The molecule has 1 heterocycles. The van der Waals surface area contributed by atoms with Gasteiger partial charge in [-0.15, -0.1) is 0 Å². The number of nitrogens with zero attached hydrogens (tertiary/aromatic N) is 1. The summed E-state index contributed by atoms with van der Waals surface area (Å²) in [7, 11) is -2.52. The monoisotopic (exact) mass is 386 g/mol. The van der Waals surface area contributed by atoms with Crippen LogP contribution in [0.15, 0.2) is 39.8 Å². The third-order valence-corrected chi connectivity index (χ3v) is 4.90. The van der Waals surface area contributed by atoms with Crippen LogP contribution in [0.4, 0.5) is 8.78 Å². The summed E-state index contributed by atoms with van der Waals surface area (Å²) in [6, 6.07) is 5.46. The zero-order chi connectivity index (χ0) is 19.7. The smallest absolute Gasteiger partial charge is 0.289 e. The second-order valence-corrected chi connectivity index (χ2v) is 8.48. The Morgan fingerprint density at radius 2 is 1.85 bits per heavy atom. The van der Waals surface area contributed by atoms with E-state index in [-0.39, 0.29) is 17.9 Å². The SMILES string of the molecule is CN(Cc1ccc(F)cc1F)C(=O)c1ccc(S(=O)(=O)NC(C)(C)C)o1. The molecule has 0 atom stereocenters. The first-order valence-electron chi connectivity index (χ1n) is 7.72. The maximum absolute atomic E-state index is 13.7. The zero-order valence-corrected chi connectivity index (χ0v) is 15.7. The molecular weight excluding hydrogens is 366 g/mol. The summed E-state index contributed by atoms with van der Waals surface area (Å²) in [6.07, 6.45) is 0. The van der Waals surface area contributed by atoms with E-state index >= 15 is 0 Å². The standard InChI is InChI=1S/C17H20F2N2O4S/c1-17(2,3)20-26(23,24)15-8-7-14(25-15)16(22)21(4)10-11-5-6-12(18)9-13(11)19/h5-9,20H,10H2,1-4H3. The summed E-state index contributed by atoms with van der Waals surface area (Å²) in [5, 5.41) is -0.392. The maximum atomic E-state index is 13.7. The van der Waals surface area contributed by atoms with Crippen molar-refractivity contribution in [1.29, 1.82) is 0 Å². The van der Waals surface area contributed by atoms with Gasteiger partial charge in [-0.3, -0.25) is 4.79 Å². The van der Waals surface area contributed by atoms with Gasteiger partial charge in [-0.25, -0.2) is 21.9 Å². The van der Waals surface area contributed by atoms with Crippen molar-refractivity contribution in [1.82, 2.24) is 9.62 Å². The van der Waals surface area contributed by atoms with Crippen LogP contribution in [0.3, 0.4) is 0 Å². The topological polar surface area (TPSA) is 79.6 Å². The average molecular weight is 386 g/mol. The quantitative estimate of drug-likeness (QED) is 0.857. The van der Waals surface area contributed by atoms with E-state index in [0.29, 0.717) is 0 Å². The minimum Gasteiger partial charge on any atom is -0.438 e. The summed E-state index contributed by atoms with van der Waals surface area (Å²) in [5.74, 6) is -2.33. The highest BCUT2D eigenvalue weighted by atomic mass is 32.2. The van der Waals surface area contributed by atoms with Gasteiger partial charge in [-0.05, 0) is 39.0 Å². The number of hydrogen-bond acceptors (Lipinski definition) is 4. The fourth-order valence-electron chi connectivity index (χ4n) is 2.20. The molecule has 142 valence electrons. The number of carbonyl (C=O) groups excluding carboxylic acids is 1. The maximum Gasteiger partial charge on any atom is 0.289 e. The second kappa shape index (κ2) is 7.16. The number of furan rings is 1. The van der Waals surface area contributed by atoms with Crippen LogP contribution in [-0.4, -0.2) is 31.8 Å². The Labute approximate surface area is 150 Å². The molecule has 0 unspecified atom stereocenters. The molecule has 0 radical (unpaired) electrons. The first-order chi connectivity index (χ1) is 11.9. The Hall–Kier alpha value is -2.26. The van der Waals surface area contributed by atoms with E-state index < -0.39 is 38.2 Å². The molecule has 0 spiro atoms. The van der Waals surface area contributed by atoms with E-state index in [1.54, 1.807) is 20.8 Å². The highest BCUT2D eigenvalue weighted by molar-refractivity contribution is 7.89. The van der Waals surface area contributed by atoms with Crippen molar-refractivity contribution < 1.29 is 26.4 Å². The summed E-state index contributed by atoms with van der Waals surface area (Å²) in [6.45, 7) is 4.88. The minimum atomic E-state index is -3.92. The Bertz CT molecular complexity index is 917. The molecule has 9 heteroatoms. The number of benzene rings is 1. The Morgan fingerprint density at radius 1 is 1.19 bits per heavy atom. The molecule has 6 nitrogen and oxygen atoms in total. The van der Waals surface area contributed by atoms with E-state index in [0.717, 1.165) is 17.0 Å². The van der Waals surface area contributed by atoms with Crippen LogP contribution in [-0.2, 0) is 16.6 Å². The number of nitrogens with one attached hydrogen (secondary N) is 1. The molecule has 1 N–H and O–H groups in total. The molecule has 0 saturated heterocycles. The van der Waals surface area contributed by atoms with Crippen molar-refractivity contribution in [2.75, 3.05) is 7.05 Å². The molecule has 0 aliphatic carbocycles. The molecule has 2 rings (SSSR count). The number of rotatable bonds is 5. The Morgan fingerprint density at radius 3 is 2.42 bits per heavy atom. The fourth-order valence-corrected chi connectivity index (χ4v) is 3.55. The molecule has 1 aromatic carbocycles. The molecule has 26 heavy (non-hydrogen) atoms. The number of hydrogen-bond donors (Lipinski definition) is 1. The average Bonchev–Trinajstić information content (AvgIpc) is 2.97. The minimum absolute atomic E-state index is 0.121. The van der Waals surface area contributed by atoms with E-state index in [1.165, 1.54) is 25.2 Å². The lowest BCUT2D eigenvalue weighted by atomic mass is 10.1. The molecule has 1 amide bonds. The summed E-state index contributed by atoms with van der Waals surface area (Å²) < 4.78 is 58.6. The highest BCUT2D eigenvalue weighted by Crippen LogP contribution is 2.19. The lowest BCUT2D eigenvalue weighted by Gasteiger charge is -2.19. The van der Waals surface area contributed by atoms with Gasteiger partial charge in [-0.2, -0.15) is 0 Å². The van der Waals surface area contributed by atoms with E-state index in [2.05, 4.69) is 4.72 Å². The molecule has 0 aliphatic rings. The third-order valence-electron chi connectivity index (χ3n) is 3.27. The van der Waals surface area contributed by atoms with E-state index in [4.69, 9.17) is 4.42 Å². The number of amides is 1. The van der Waals surface area contributed by atoms with Crippen LogP contribution in [0, 0.1) is 11.6 Å². The zero-order valence-electron chi connectivity index (χ0n) is 14.8. The van der Waals surface area contributed by atoms with Gasteiger partial charge in [0.2, 0.25) is 5.09 Å². The van der Waals surface area contributed by atoms with Crippen molar-refractivity contribution in [3.05, 3.63) is 53.3 Å². The number of carbonyl (C=O) groups is 1. The lowest BCUT2D eigenvalue weighted by molar-refractivity contribution is 0.0746. The molecule has 0 bridgehead atoms. The lowest BCUT2D eigenvalue weighted by Crippen LogP contribution is -2.40. The predicted molar refractivity (Wildman–Crippen MR) is 90.9 cm³/mol. The largest absolute Gasteiger partial charge is 0.438 e. The summed E-state index contributed by atoms with van der Waals surface area (Å²) in [4.78, 5) is 13.5. The van der Waals surface area contributed by atoms with Crippen LogP contribution in [0.2, 0.25) is 0 Å². The molecule has 0 fully saturated rings. The normalized spacial score (nSPS) is 12.2. The van der Waals surface area contributed by atoms with Crippen LogP contribution in [0.1, 0.15) is 36.9 Å². The predicted octanol–water partition coefficient (Wildman–Crippen LogP) is 2.91. The van der Waals surface area contributed by atoms with Gasteiger partial charge >= 0.3 is 0 Å². The van der Waals surface area contributed by atoms with E-state index in [9.17, 15) is 22.0 Å². The number of sulfonamides is 1. The third kappa shape index (κ3) is 4.89. The van der Waals surface area contributed by atoms with Crippen molar-refractivity contribution in [2.45, 2.75) is 37.9 Å². The van der Waals surface area contributed by atoms with Crippen molar-refractivity contribution in [3.63, 3.8) is 0 Å². The van der Waals surface area contributed by atoms with Crippen LogP contribution in [0.25, 0.3) is 0 Å². The first kappa shape index (κ1) is 20.1. The highest BCUT2D eigenvalue weighted by Gasteiger charge is 2.27.